The third kappa shape index (κ3) is 3.70. The monoisotopic (exact) mass is 390 g/mol. The molecule has 0 saturated carbocycles. The summed E-state index contributed by atoms with van der Waals surface area (Å²) in [7, 11) is 0. The summed E-state index contributed by atoms with van der Waals surface area (Å²) in [5, 5.41) is 8.67. The van der Waals surface area contributed by atoms with Crippen LogP contribution in [-0.2, 0) is 11.2 Å². The van der Waals surface area contributed by atoms with Crippen molar-refractivity contribution in [3.8, 4) is 0 Å². The van der Waals surface area contributed by atoms with Crippen LogP contribution in [-0.4, -0.2) is 20.5 Å². The molecule has 0 unspecified atom stereocenters. The minimum absolute atomic E-state index is 0.0497. The number of hydrogen-bond donors (Lipinski definition) is 1. The Kier molecular flexibility index (Phi) is 5.01. The van der Waals surface area contributed by atoms with Crippen molar-refractivity contribution < 1.29 is 9.18 Å². The van der Waals surface area contributed by atoms with Gasteiger partial charge in [-0.15, -0.1) is 0 Å². The van der Waals surface area contributed by atoms with Gasteiger partial charge in [0.25, 0.3) is 0 Å². The van der Waals surface area contributed by atoms with Crippen molar-refractivity contribution in [2.24, 2.45) is 0 Å². The van der Waals surface area contributed by atoms with Crippen LogP contribution < -0.4 is 5.32 Å². The standard InChI is InChI=1S/C23H23FN4O/c1-14(17-8-10-18(24)11-9-17)25-22(29)13-12-19-15(2)26-23-20-6-4-5-7-21(20)27-28(23)16(19)3/h4-11,14H,12-13H2,1-3H3,(H,25,29)/t14-/m1/s1. The van der Waals surface area contributed by atoms with Gasteiger partial charge in [0.1, 0.15) is 5.82 Å². The SMILES string of the molecule is Cc1nc2c3ccccc3nn2c(C)c1CCC(=O)N[C@H](C)c1ccc(F)cc1. The number of carbonyl (C=O) groups is 1. The number of nitrogens with one attached hydrogen (secondary N) is 1. The molecule has 0 bridgehead atoms. The van der Waals surface area contributed by atoms with Gasteiger partial charge in [0.2, 0.25) is 5.91 Å². The number of benzene rings is 2. The van der Waals surface area contributed by atoms with Crippen LogP contribution in [0.25, 0.3) is 16.6 Å². The second-order valence-electron chi connectivity index (χ2n) is 7.35. The number of amides is 1. The van der Waals surface area contributed by atoms with Gasteiger partial charge in [0.15, 0.2) is 5.65 Å². The van der Waals surface area contributed by atoms with Crippen LogP contribution in [0.1, 0.15) is 41.9 Å². The van der Waals surface area contributed by atoms with Gasteiger partial charge < -0.3 is 5.32 Å². The molecule has 0 radical (unpaired) electrons. The predicted molar refractivity (Wildman–Crippen MR) is 111 cm³/mol. The molecule has 0 saturated heterocycles. The van der Waals surface area contributed by atoms with Gasteiger partial charge in [-0.2, -0.15) is 5.10 Å². The lowest BCUT2D eigenvalue weighted by atomic mass is 10.0. The van der Waals surface area contributed by atoms with Crippen LogP contribution in [0.2, 0.25) is 0 Å². The van der Waals surface area contributed by atoms with E-state index >= 15 is 0 Å². The smallest absolute Gasteiger partial charge is 0.220 e. The molecule has 0 spiro atoms. The third-order valence-electron chi connectivity index (χ3n) is 5.37. The first-order valence-corrected chi connectivity index (χ1v) is 9.72. The minimum Gasteiger partial charge on any atom is -0.350 e. The summed E-state index contributed by atoms with van der Waals surface area (Å²) in [6.45, 7) is 5.88. The van der Waals surface area contributed by atoms with Gasteiger partial charge in [-0.25, -0.2) is 13.9 Å². The highest BCUT2D eigenvalue weighted by molar-refractivity contribution is 5.92. The molecule has 1 N–H and O–H groups in total. The Bertz CT molecular complexity index is 1200. The van der Waals surface area contributed by atoms with Crippen molar-refractivity contribution >= 4 is 22.5 Å². The molecule has 2 aromatic heterocycles. The van der Waals surface area contributed by atoms with E-state index in [-0.39, 0.29) is 17.8 Å². The average Bonchev–Trinajstić information content (AvgIpc) is 3.07. The molecule has 1 amide bonds. The lowest BCUT2D eigenvalue weighted by molar-refractivity contribution is -0.121. The molecule has 6 heteroatoms. The van der Waals surface area contributed by atoms with Crippen molar-refractivity contribution in [2.75, 3.05) is 0 Å². The van der Waals surface area contributed by atoms with E-state index < -0.39 is 0 Å². The molecule has 2 heterocycles. The maximum Gasteiger partial charge on any atom is 0.220 e. The maximum absolute atomic E-state index is 13.1. The summed E-state index contributed by atoms with van der Waals surface area (Å²) in [4.78, 5) is 17.2. The quantitative estimate of drug-likeness (QED) is 0.548. The second kappa shape index (κ2) is 7.62. The Labute approximate surface area is 168 Å². The Hall–Kier alpha value is -3.28. The zero-order chi connectivity index (χ0) is 20.5. The highest BCUT2D eigenvalue weighted by atomic mass is 19.1. The summed E-state index contributed by atoms with van der Waals surface area (Å²) in [6, 6.07) is 13.9. The number of halogens is 1. The van der Waals surface area contributed by atoms with Crippen LogP contribution in [0.4, 0.5) is 4.39 Å². The van der Waals surface area contributed by atoms with Gasteiger partial charge in [0.05, 0.1) is 11.6 Å². The van der Waals surface area contributed by atoms with Crippen LogP contribution in [0.3, 0.4) is 0 Å². The minimum atomic E-state index is -0.285. The topological polar surface area (TPSA) is 59.3 Å². The average molecular weight is 390 g/mol. The van der Waals surface area contributed by atoms with Gasteiger partial charge in [-0.1, -0.05) is 24.3 Å². The summed E-state index contributed by atoms with van der Waals surface area (Å²) in [5.74, 6) is -0.334. The van der Waals surface area contributed by atoms with Gasteiger partial charge >= 0.3 is 0 Å². The molecule has 4 aromatic rings. The zero-order valence-corrected chi connectivity index (χ0v) is 16.7. The number of aryl methyl sites for hydroxylation is 2. The van der Waals surface area contributed by atoms with Crippen molar-refractivity contribution in [3.63, 3.8) is 0 Å². The first-order valence-electron chi connectivity index (χ1n) is 9.72. The van der Waals surface area contributed by atoms with Crippen LogP contribution in [0.15, 0.2) is 48.5 Å². The molecule has 1 atom stereocenters. The number of carbonyl (C=O) groups excluding carboxylic acids is 1. The maximum atomic E-state index is 13.1. The fraction of sp³-hybridized carbons (Fsp3) is 0.261. The van der Waals surface area contributed by atoms with E-state index in [1.807, 2.05) is 49.6 Å². The van der Waals surface area contributed by atoms with E-state index in [0.717, 1.165) is 39.1 Å². The lowest BCUT2D eigenvalue weighted by Gasteiger charge is -2.15. The van der Waals surface area contributed by atoms with E-state index in [4.69, 9.17) is 4.98 Å². The van der Waals surface area contributed by atoms with Crippen LogP contribution >= 0.6 is 0 Å². The van der Waals surface area contributed by atoms with Crippen LogP contribution in [0, 0.1) is 19.7 Å². The van der Waals surface area contributed by atoms with E-state index in [0.29, 0.717) is 12.8 Å². The molecular weight excluding hydrogens is 367 g/mol. The molecule has 5 nitrogen and oxygen atoms in total. The van der Waals surface area contributed by atoms with Gasteiger partial charge in [-0.3, -0.25) is 4.79 Å². The van der Waals surface area contributed by atoms with Gasteiger partial charge in [0, 0.05) is 23.2 Å². The number of nitrogens with zero attached hydrogens (tertiary/aromatic N) is 3. The predicted octanol–water partition coefficient (Wildman–Crippen LogP) is 4.45. The summed E-state index contributed by atoms with van der Waals surface area (Å²) in [6.07, 6.45) is 0.931. The number of aromatic nitrogens is 3. The van der Waals surface area contributed by atoms with E-state index in [9.17, 15) is 9.18 Å². The summed E-state index contributed by atoms with van der Waals surface area (Å²) in [5.41, 5.74) is 5.58. The Morgan fingerprint density at radius 1 is 1.14 bits per heavy atom. The summed E-state index contributed by atoms with van der Waals surface area (Å²) < 4.78 is 14.9. The van der Waals surface area contributed by atoms with Crippen LogP contribution in [0.5, 0.6) is 0 Å². The normalized spacial score (nSPS) is 12.4. The second-order valence-corrected chi connectivity index (χ2v) is 7.35. The first kappa shape index (κ1) is 19.1. The van der Waals surface area contributed by atoms with Crippen molar-refractivity contribution in [1.82, 2.24) is 19.9 Å². The fourth-order valence-electron chi connectivity index (χ4n) is 3.73. The van der Waals surface area contributed by atoms with Crippen molar-refractivity contribution in [1.29, 1.82) is 0 Å². The number of fused-ring (bicyclic) bond motifs is 3. The molecule has 0 fully saturated rings. The Morgan fingerprint density at radius 3 is 2.62 bits per heavy atom. The van der Waals surface area contributed by atoms with Crippen molar-refractivity contribution in [2.45, 2.75) is 39.7 Å². The van der Waals surface area contributed by atoms with E-state index in [2.05, 4.69) is 10.4 Å². The van der Waals surface area contributed by atoms with E-state index in [1.54, 1.807) is 12.1 Å². The largest absolute Gasteiger partial charge is 0.350 e. The highest BCUT2D eigenvalue weighted by Crippen LogP contribution is 2.23. The fourth-order valence-corrected chi connectivity index (χ4v) is 3.73. The highest BCUT2D eigenvalue weighted by Gasteiger charge is 2.16. The lowest BCUT2D eigenvalue weighted by Crippen LogP contribution is -2.27. The number of rotatable bonds is 5. The molecule has 29 heavy (non-hydrogen) atoms. The Balaban J connectivity index is 1.51. The molecule has 0 aliphatic heterocycles. The molecule has 148 valence electrons. The molecule has 0 aliphatic rings. The molecule has 2 aromatic carbocycles. The van der Waals surface area contributed by atoms with Crippen molar-refractivity contribution in [3.05, 3.63) is 76.9 Å². The zero-order valence-electron chi connectivity index (χ0n) is 16.7. The summed E-state index contributed by atoms with van der Waals surface area (Å²) >= 11 is 0. The molecular formula is C23H23FN4O. The number of hydrogen-bond acceptors (Lipinski definition) is 3. The third-order valence-corrected chi connectivity index (χ3v) is 5.37. The Morgan fingerprint density at radius 2 is 1.86 bits per heavy atom. The van der Waals surface area contributed by atoms with E-state index in [1.165, 1.54) is 12.1 Å². The molecule has 4 rings (SSSR count). The van der Waals surface area contributed by atoms with Gasteiger partial charge in [-0.05, 0) is 62.6 Å². The first-order chi connectivity index (χ1) is 13.9. The molecule has 0 aliphatic carbocycles.